The summed E-state index contributed by atoms with van der Waals surface area (Å²) in [6.45, 7) is 1.27. The summed E-state index contributed by atoms with van der Waals surface area (Å²) in [5.74, 6) is 1.17. The number of nitrogens with zero attached hydrogens (tertiary/aromatic N) is 3. The van der Waals surface area contributed by atoms with Gasteiger partial charge in [0.1, 0.15) is 16.2 Å². The van der Waals surface area contributed by atoms with Crippen LogP contribution in [0.25, 0.3) is 10.2 Å². The highest BCUT2D eigenvalue weighted by molar-refractivity contribution is 7.99. The van der Waals surface area contributed by atoms with Gasteiger partial charge in [0.25, 0.3) is 0 Å². The lowest BCUT2D eigenvalue weighted by Crippen LogP contribution is -2.36. The van der Waals surface area contributed by atoms with E-state index in [2.05, 4.69) is 21.9 Å². The van der Waals surface area contributed by atoms with Gasteiger partial charge in [-0.05, 0) is 57.7 Å². The van der Waals surface area contributed by atoms with Crippen LogP contribution in [-0.2, 0) is 12.8 Å². The Labute approximate surface area is 140 Å². The quantitative estimate of drug-likeness (QED) is 0.621. The lowest BCUT2D eigenvalue weighted by Gasteiger charge is -2.32. The van der Waals surface area contributed by atoms with Gasteiger partial charge < -0.3 is 4.90 Å². The second-order valence-electron chi connectivity index (χ2n) is 6.48. The average Bonchev–Trinajstić information content (AvgIpc) is 3.10. The Hall–Kier alpha value is -0.650. The number of hydrogen-bond donors (Lipinski definition) is 0. The third-order valence-electron chi connectivity index (χ3n) is 5.08. The van der Waals surface area contributed by atoms with Crippen molar-refractivity contribution in [1.29, 1.82) is 0 Å². The first-order chi connectivity index (χ1) is 10.8. The molecule has 0 bridgehead atoms. The van der Waals surface area contributed by atoms with Crippen molar-refractivity contribution in [2.75, 3.05) is 19.3 Å². The SMILES string of the molecule is CN1CCCCC1CCSc1ncnc2sc3c(c12)CCC3. The first-order valence-electron chi connectivity index (χ1n) is 8.41. The van der Waals surface area contributed by atoms with Gasteiger partial charge in [0.15, 0.2) is 0 Å². The van der Waals surface area contributed by atoms with E-state index in [0.29, 0.717) is 0 Å². The third kappa shape index (κ3) is 2.79. The van der Waals surface area contributed by atoms with E-state index in [1.54, 1.807) is 16.8 Å². The standard InChI is InChI=1S/C17H23N3S2/c1-20-9-3-2-5-12(20)8-10-21-16-15-13-6-4-7-14(13)22-17(15)19-11-18-16/h11-12H,2-10H2,1H3. The van der Waals surface area contributed by atoms with E-state index < -0.39 is 0 Å². The van der Waals surface area contributed by atoms with Crippen LogP contribution in [-0.4, -0.2) is 40.3 Å². The molecule has 2 aromatic heterocycles. The second kappa shape index (κ2) is 6.46. The van der Waals surface area contributed by atoms with Gasteiger partial charge in [-0.25, -0.2) is 9.97 Å². The van der Waals surface area contributed by atoms with E-state index in [-0.39, 0.29) is 0 Å². The normalized spacial score (nSPS) is 22.3. The van der Waals surface area contributed by atoms with Crippen molar-refractivity contribution in [1.82, 2.24) is 14.9 Å². The van der Waals surface area contributed by atoms with Crippen LogP contribution < -0.4 is 0 Å². The second-order valence-corrected chi connectivity index (χ2v) is 8.65. The fourth-order valence-corrected chi connectivity index (χ4v) is 6.17. The number of aromatic nitrogens is 2. The molecule has 22 heavy (non-hydrogen) atoms. The lowest BCUT2D eigenvalue weighted by atomic mass is 10.0. The van der Waals surface area contributed by atoms with Crippen molar-refractivity contribution >= 4 is 33.3 Å². The Bertz CT molecular complexity index is 667. The molecule has 0 amide bonds. The molecular formula is C17H23N3S2. The zero-order valence-corrected chi connectivity index (χ0v) is 14.8. The maximum Gasteiger partial charge on any atom is 0.128 e. The highest BCUT2D eigenvalue weighted by Crippen LogP contribution is 2.40. The Morgan fingerprint density at radius 1 is 1.27 bits per heavy atom. The predicted molar refractivity (Wildman–Crippen MR) is 95.1 cm³/mol. The smallest absolute Gasteiger partial charge is 0.128 e. The van der Waals surface area contributed by atoms with Crippen LogP contribution in [0.3, 0.4) is 0 Å². The summed E-state index contributed by atoms with van der Waals surface area (Å²) in [7, 11) is 2.28. The van der Waals surface area contributed by atoms with Crippen molar-refractivity contribution in [3.8, 4) is 0 Å². The van der Waals surface area contributed by atoms with Crippen LogP contribution in [0, 0.1) is 0 Å². The van der Waals surface area contributed by atoms with E-state index in [4.69, 9.17) is 0 Å². The summed E-state index contributed by atoms with van der Waals surface area (Å²) in [6, 6.07) is 0.770. The number of rotatable bonds is 4. The van der Waals surface area contributed by atoms with Gasteiger partial charge in [-0.15, -0.1) is 23.1 Å². The van der Waals surface area contributed by atoms with Gasteiger partial charge in [0.2, 0.25) is 0 Å². The Morgan fingerprint density at radius 3 is 3.14 bits per heavy atom. The number of thiophene rings is 1. The van der Waals surface area contributed by atoms with Gasteiger partial charge in [0.05, 0.1) is 0 Å². The topological polar surface area (TPSA) is 29.0 Å². The van der Waals surface area contributed by atoms with Gasteiger partial charge in [-0.3, -0.25) is 0 Å². The third-order valence-corrected chi connectivity index (χ3v) is 7.30. The summed E-state index contributed by atoms with van der Waals surface area (Å²) in [5, 5.41) is 2.60. The summed E-state index contributed by atoms with van der Waals surface area (Å²) in [5.41, 5.74) is 1.55. The van der Waals surface area contributed by atoms with E-state index in [9.17, 15) is 0 Å². The molecule has 1 aliphatic heterocycles. The van der Waals surface area contributed by atoms with E-state index >= 15 is 0 Å². The zero-order chi connectivity index (χ0) is 14.9. The number of hydrogen-bond acceptors (Lipinski definition) is 5. The molecule has 0 radical (unpaired) electrons. The molecule has 4 rings (SSSR count). The molecule has 1 unspecified atom stereocenters. The minimum Gasteiger partial charge on any atom is -0.303 e. The Morgan fingerprint density at radius 2 is 2.23 bits per heavy atom. The molecule has 1 atom stereocenters. The summed E-state index contributed by atoms with van der Waals surface area (Å²) < 4.78 is 0. The summed E-state index contributed by atoms with van der Waals surface area (Å²) in [4.78, 5) is 14.4. The lowest BCUT2D eigenvalue weighted by molar-refractivity contribution is 0.182. The van der Waals surface area contributed by atoms with Gasteiger partial charge >= 0.3 is 0 Å². The Balaban J connectivity index is 1.48. The molecule has 2 aromatic rings. The molecule has 3 heterocycles. The number of piperidine rings is 1. The monoisotopic (exact) mass is 333 g/mol. The number of fused-ring (bicyclic) bond motifs is 3. The minimum atomic E-state index is 0.770. The van der Waals surface area contributed by atoms with Crippen molar-refractivity contribution in [2.24, 2.45) is 0 Å². The molecule has 5 heteroatoms. The molecular weight excluding hydrogens is 310 g/mol. The molecule has 0 N–H and O–H groups in total. The van der Waals surface area contributed by atoms with Crippen molar-refractivity contribution in [2.45, 2.75) is 56.0 Å². The number of aryl methyl sites for hydroxylation is 2. The minimum absolute atomic E-state index is 0.770. The summed E-state index contributed by atoms with van der Waals surface area (Å²) in [6.07, 6.45) is 10.9. The molecule has 2 aliphatic rings. The largest absolute Gasteiger partial charge is 0.303 e. The van der Waals surface area contributed by atoms with Crippen LogP contribution in [0.1, 0.15) is 42.5 Å². The average molecular weight is 334 g/mol. The molecule has 118 valence electrons. The Kier molecular flexibility index (Phi) is 4.38. The van der Waals surface area contributed by atoms with Crippen molar-refractivity contribution in [3.05, 3.63) is 16.8 Å². The molecule has 1 aliphatic carbocycles. The van der Waals surface area contributed by atoms with E-state index in [1.807, 2.05) is 23.1 Å². The first-order valence-corrected chi connectivity index (χ1v) is 10.2. The molecule has 0 spiro atoms. The van der Waals surface area contributed by atoms with Gasteiger partial charge in [-0.2, -0.15) is 0 Å². The van der Waals surface area contributed by atoms with Crippen LogP contribution in [0.5, 0.6) is 0 Å². The highest BCUT2D eigenvalue weighted by atomic mass is 32.2. The molecule has 3 nitrogen and oxygen atoms in total. The van der Waals surface area contributed by atoms with E-state index in [0.717, 1.165) is 6.04 Å². The molecule has 1 saturated heterocycles. The maximum absolute atomic E-state index is 4.60. The van der Waals surface area contributed by atoms with Crippen LogP contribution in [0.2, 0.25) is 0 Å². The number of thioether (sulfide) groups is 1. The number of likely N-dealkylation sites (tertiary alicyclic amines) is 1. The molecule has 0 aromatic carbocycles. The predicted octanol–water partition coefficient (Wildman–Crippen LogP) is 4.15. The molecule has 0 saturated carbocycles. The fourth-order valence-electron chi connectivity index (χ4n) is 3.81. The van der Waals surface area contributed by atoms with Crippen LogP contribution >= 0.6 is 23.1 Å². The van der Waals surface area contributed by atoms with Crippen LogP contribution in [0.15, 0.2) is 11.4 Å². The zero-order valence-electron chi connectivity index (χ0n) is 13.2. The van der Waals surface area contributed by atoms with Crippen molar-refractivity contribution < 1.29 is 0 Å². The summed E-state index contributed by atoms with van der Waals surface area (Å²) >= 11 is 3.83. The highest BCUT2D eigenvalue weighted by Gasteiger charge is 2.22. The maximum atomic E-state index is 4.60. The first kappa shape index (κ1) is 14.9. The van der Waals surface area contributed by atoms with Crippen LogP contribution in [0.4, 0.5) is 0 Å². The van der Waals surface area contributed by atoms with Gasteiger partial charge in [0, 0.05) is 22.1 Å². The molecule has 1 fully saturated rings. The van der Waals surface area contributed by atoms with Crippen molar-refractivity contribution in [3.63, 3.8) is 0 Å². The van der Waals surface area contributed by atoms with E-state index in [1.165, 1.54) is 72.5 Å². The van der Waals surface area contributed by atoms with Gasteiger partial charge in [-0.1, -0.05) is 6.42 Å². The fraction of sp³-hybridized carbons (Fsp3) is 0.647.